The van der Waals surface area contributed by atoms with Gasteiger partial charge in [0.1, 0.15) is 0 Å². The molecule has 0 amide bonds. The Balaban J connectivity index is 3.22. The summed E-state index contributed by atoms with van der Waals surface area (Å²) in [5.41, 5.74) is 0. The van der Waals surface area contributed by atoms with Gasteiger partial charge in [-0.1, -0.05) is 13.8 Å². The first kappa shape index (κ1) is 9.27. The van der Waals surface area contributed by atoms with Crippen LogP contribution in [-0.2, 0) is 9.47 Å². The quantitative estimate of drug-likeness (QED) is 0.566. The van der Waals surface area contributed by atoms with Gasteiger partial charge in [0.05, 0.1) is 13.2 Å². The number of hydrogen-bond acceptors (Lipinski definition) is 3. The van der Waals surface area contributed by atoms with Crippen LogP contribution in [0.15, 0.2) is 0 Å². The van der Waals surface area contributed by atoms with Crippen molar-refractivity contribution in [3.63, 3.8) is 0 Å². The minimum atomic E-state index is -0.635. The van der Waals surface area contributed by atoms with Gasteiger partial charge in [0, 0.05) is 0 Å². The maximum absolute atomic E-state index is 10.5. The van der Waals surface area contributed by atoms with Crippen LogP contribution in [0.4, 0.5) is 4.79 Å². The normalized spacial score (nSPS) is 9.60. The van der Waals surface area contributed by atoms with Crippen molar-refractivity contribution in [3.05, 3.63) is 6.92 Å². The Morgan fingerprint density at radius 3 is 2.50 bits per heavy atom. The van der Waals surface area contributed by atoms with Gasteiger partial charge in [-0.2, -0.15) is 0 Å². The molecule has 3 heteroatoms. The van der Waals surface area contributed by atoms with Crippen molar-refractivity contribution >= 4 is 6.16 Å². The molecule has 0 aliphatic rings. The van der Waals surface area contributed by atoms with E-state index in [1.807, 2.05) is 13.8 Å². The highest BCUT2D eigenvalue weighted by molar-refractivity contribution is 5.59. The summed E-state index contributed by atoms with van der Waals surface area (Å²) in [5.74, 6) is 0.345. The van der Waals surface area contributed by atoms with Crippen LogP contribution in [0.5, 0.6) is 0 Å². The van der Waals surface area contributed by atoms with Crippen molar-refractivity contribution in [1.82, 2.24) is 0 Å². The second-order valence-corrected chi connectivity index (χ2v) is 2.30. The van der Waals surface area contributed by atoms with Crippen molar-refractivity contribution in [1.29, 1.82) is 0 Å². The van der Waals surface area contributed by atoms with Gasteiger partial charge in [-0.05, 0) is 12.8 Å². The number of carbonyl (C=O) groups excluding carboxylic acids is 1. The van der Waals surface area contributed by atoms with E-state index in [-0.39, 0.29) is 6.61 Å². The number of carbonyl (C=O) groups is 1. The second kappa shape index (κ2) is 5.09. The summed E-state index contributed by atoms with van der Waals surface area (Å²) < 4.78 is 9.06. The third-order valence-corrected chi connectivity index (χ3v) is 0.754. The molecule has 0 unspecified atom stereocenters. The second-order valence-electron chi connectivity index (χ2n) is 2.30. The summed E-state index contributed by atoms with van der Waals surface area (Å²) in [5, 5.41) is 0. The van der Waals surface area contributed by atoms with E-state index in [0.717, 1.165) is 0 Å². The average molecular weight is 145 g/mol. The molecule has 0 heterocycles. The Hall–Kier alpha value is -0.730. The van der Waals surface area contributed by atoms with Gasteiger partial charge in [0.2, 0.25) is 0 Å². The Labute approximate surface area is 61.3 Å². The lowest BCUT2D eigenvalue weighted by Gasteiger charge is -2.05. The molecule has 0 aliphatic heterocycles. The fourth-order valence-corrected chi connectivity index (χ4v) is 0.360. The SMILES string of the molecule is [CH2]COC(=O)OCC(C)C. The largest absolute Gasteiger partial charge is 0.508 e. The Morgan fingerprint density at radius 1 is 1.50 bits per heavy atom. The maximum Gasteiger partial charge on any atom is 0.508 e. The molecule has 0 N–H and O–H groups in total. The monoisotopic (exact) mass is 145 g/mol. The topological polar surface area (TPSA) is 35.5 Å². The van der Waals surface area contributed by atoms with Crippen LogP contribution >= 0.6 is 0 Å². The van der Waals surface area contributed by atoms with Crippen LogP contribution in [0.1, 0.15) is 13.8 Å². The molecular weight excluding hydrogens is 132 g/mol. The lowest BCUT2D eigenvalue weighted by molar-refractivity contribution is 0.0546. The molecule has 0 fully saturated rings. The first-order valence-electron chi connectivity index (χ1n) is 3.25. The van der Waals surface area contributed by atoms with Gasteiger partial charge in [-0.25, -0.2) is 4.79 Å². The summed E-state index contributed by atoms with van der Waals surface area (Å²) >= 11 is 0. The molecule has 0 aromatic rings. The zero-order chi connectivity index (χ0) is 7.98. The molecule has 10 heavy (non-hydrogen) atoms. The Morgan fingerprint density at radius 2 is 2.10 bits per heavy atom. The fourth-order valence-electron chi connectivity index (χ4n) is 0.360. The molecule has 0 atom stereocenters. The summed E-state index contributed by atoms with van der Waals surface area (Å²) in [7, 11) is 0. The van der Waals surface area contributed by atoms with Crippen molar-refractivity contribution in [3.8, 4) is 0 Å². The third-order valence-electron chi connectivity index (χ3n) is 0.754. The highest BCUT2D eigenvalue weighted by Gasteiger charge is 2.02. The van der Waals surface area contributed by atoms with Crippen LogP contribution in [0.3, 0.4) is 0 Å². The summed E-state index contributed by atoms with van der Waals surface area (Å²) in [4.78, 5) is 10.5. The number of rotatable bonds is 3. The summed E-state index contributed by atoms with van der Waals surface area (Å²) in [6.07, 6.45) is -0.635. The van der Waals surface area contributed by atoms with E-state index in [9.17, 15) is 4.79 Å². The average Bonchev–Trinajstić information content (AvgIpc) is 1.85. The summed E-state index contributed by atoms with van der Waals surface area (Å²) in [6.45, 7) is 7.76. The molecule has 0 saturated heterocycles. The summed E-state index contributed by atoms with van der Waals surface area (Å²) in [6, 6.07) is 0. The molecule has 0 rings (SSSR count). The third kappa shape index (κ3) is 5.41. The molecule has 0 saturated carbocycles. The molecule has 0 aliphatic carbocycles. The lowest BCUT2D eigenvalue weighted by Crippen LogP contribution is -2.11. The van der Waals surface area contributed by atoms with Gasteiger partial charge in [-0.15, -0.1) is 0 Å². The number of hydrogen-bond donors (Lipinski definition) is 0. The maximum atomic E-state index is 10.5. The highest BCUT2D eigenvalue weighted by atomic mass is 16.7. The van der Waals surface area contributed by atoms with Gasteiger partial charge < -0.3 is 9.47 Å². The van der Waals surface area contributed by atoms with Gasteiger partial charge in [0.15, 0.2) is 0 Å². The molecular formula is C7H13O3. The van der Waals surface area contributed by atoms with E-state index in [4.69, 9.17) is 0 Å². The molecule has 3 nitrogen and oxygen atoms in total. The van der Waals surface area contributed by atoms with Crippen LogP contribution in [-0.4, -0.2) is 19.4 Å². The van der Waals surface area contributed by atoms with Crippen LogP contribution in [0.2, 0.25) is 0 Å². The van der Waals surface area contributed by atoms with E-state index in [0.29, 0.717) is 12.5 Å². The smallest absolute Gasteiger partial charge is 0.434 e. The zero-order valence-corrected chi connectivity index (χ0v) is 6.42. The van der Waals surface area contributed by atoms with E-state index < -0.39 is 6.16 Å². The van der Waals surface area contributed by atoms with Crippen LogP contribution in [0, 0.1) is 12.8 Å². The van der Waals surface area contributed by atoms with Crippen molar-refractivity contribution in [2.75, 3.05) is 13.2 Å². The van der Waals surface area contributed by atoms with E-state index in [2.05, 4.69) is 16.4 Å². The van der Waals surface area contributed by atoms with E-state index in [1.165, 1.54) is 0 Å². The Bertz CT molecular complexity index is 99.0. The highest BCUT2D eigenvalue weighted by Crippen LogP contribution is 1.93. The predicted molar refractivity (Wildman–Crippen MR) is 37.5 cm³/mol. The molecule has 0 spiro atoms. The predicted octanol–water partition coefficient (Wildman–Crippen LogP) is 1.63. The van der Waals surface area contributed by atoms with Gasteiger partial charge in [0.25, 0.3) is 0 Å². The van der Waals surface area contributed by atoms with Gasteiger partial charge in [-0.3, -0.25) is 0 Å². The van der Waals surface area contributed by atoms with Gasteiger partial charge >= 0.3 is 6.16 Å². The molecule has 0 aromatic carbocycles. The fraction of sp³-hybridized carbons (Fsp3) is 0.714. The van der Waals surface area contributed by atoms with Crippen LogP contribution in [0.25, 0.3) is 0 Å². The molecule has 59 valence electrons. The number of ether oxygens (including phenoxy) is 2. The minimum Gasteiger partial charge on any atom is -0.434 e. The molecule has 0 bridgehead atoms. The first-order chi connectivity index (χ1) is 4.66. The van der Waals surface area contributed by atoms with Crippen molar-refractivity contribution in [2.45, 2.75) is 13.8 Å². The zero-order valence-electron chi connectivity index (χ0n) is 6.42. The Kier molecular flexibility index (Phi) is 4.72. The van der Waals surface area contributed by atoms with Crippen LogP contribution < -0.4 is 0 Å². The standard InChI is InChI=1S/C7H13O3/c1-4-9-7(8)10-5-6(2)3/h6H,1,4-5H2,2-3H3. The first-order valence-corrected chi connectivity index (χ1v) is 3.25. The van der Waals surface area contributed by atoms with Crippen molar-refractivity contribution < 1.29 is 14.3 Å². The van der Waals surface area contributed by atoms with E-state index in [1.54, 1.807) is 0 Å². The minimum absolute atomic E-state index is 0.122. The molecule has 1 radical (unpaired) electrons. The van der Waals surface area contributed by atoms with Crippen molar-refractivity contribution in [2.24, 2.45) is 5.92 Å². The molecule has 0 aromatic heterocycles. The lowest BCUT2D eigenvalue weighted by atomic mass is 10.2. The van der Waals surface area contributed by atoms with E-state index >= 15 is 0 Å².